The summed E-state index contributed by atoms with van der Waals surface area (Å²) >= 11 is 6.05. The van der Waals surface area contributed by atoms with Crippen LogP contribution in [0.2, 0.25) is 5.02 Å². The van der Waals surface area contributed by atoms with Crippen LogP contribution < -0.4 is 4.74 Å². The van der Waals surface area contributed by atoms with Crippen molar-refractivity contribution in [3.05, 3.63) is 40.9 Å². The number of amides is 2. The molecule has 0 aromatic heterocycles. The number of benzene rings is 1. The number of carbonyl (C=O) groups is 3. The van der Waals surface area contributed by atoms with Crippen molar-refractivity contribution in [3.8, 4) is 5.75 Å². The van der Waals surface area contributed by atoms with Crippen molar-refractivity contribution in [1.29, 1.82) is 0 Å². The van der Waals surface area contributed by atoms with E-state index in [0.29, 0.717) is 37.5 Å². The Hall–Kier alpha value is -2.34. The van der Waals surface area contributed by atoms with E-state index >= 15 is 0 Å². The highest BCUT2D eigenvalue weighted by atomic mass is 35.5. The second-order valence-electron chi connectivity index (χ2n) is 5.37. The summed E-state index contributed by atoms with van der Waals surface area (Å²) < 4.78 is 5.03. The van der Waals surface area contributed by atoms with Gasteiger partial charge in [-0.25, -0.2) is 0 Å². The predicted molar refractivity (Wildman–Crippen MR) is 90.3 cm³/mol. The third kappa shape index (κ3) is 4.35. The van der Waals surface area contributed by atoms with Gasteiger partial charge in [-0.05, 0) is 24.3 Å². The Balaban J connectivity index is 1.96. The summed E-state index contributed by atoms with van der Waals surface area (Å²) in [6.45, 7) is 3.44. The van der Waals surface area contributed by atoms with Gasteiger partial charge in [0.1, 0.15) is 5.75 Å². The fourth-order valence-corrected chi connectivity index (χ4v) is 2.67. The zero-order valence-corrected chi connectivity index (χ0v) is 14.4. The Morgan fingerprint density at radius 3 is 2.25 bits per heavy atom. The van der Waals surface area contributed by atoms with E-state index in [1.54, 1.807) is 28.0 Å². The average Bonchev–Trinajstić information content (AvgIpc) is 2.59. The summed E-state index contributed by atoms with van der Waals surface area (Å²) in [7, 11) is 1.51. The molecule has 1 fully saturated rings. The van der Waals surface area contributed by atoms with Gasteiger partial charge in [0.05, 0.1) is 12.1 Å². The maximum atomic E-state index is 12.2. The van der Waals surface area contributed by atoms with Crippen LogP contribution >= 0.6 is 11.6 Å². The molecule has 0 atom stereocenters. The van der Waals surface area contributed by atoms with Gasteiger partial charge in [-0.15, -0.1) is 0 Å². The number of piperazine rings is 1. The Morgan fingerprint density at radius 1 is 1.08 bits per heavy atom. The molecule has 1 aliphatic heterocycles. The Morgan fingerprint density at radius 2 is 1.71 bits per heavy atom. The first kappa shape index (κ1) is 18.0. The monoisotopic (exact) mass is 350 g/mol. The number of carbonyl (C=O) groups excluding carboxylic acids is 3. The number of methoxy groups -OCH3 is 1. The smallest absolute Gasteiger partial charge is 0.246 e. The van der Waals surface area contributed by atoms with Gasteiger partial charge in [-0.3, -0.25) is 14.4 Å². The quantitative estimate of drug-likeness (QED) is 0.613. The predicted octanol–water partition coefficient (Wildman–Crippen LogP) is 1.78. The fourth-order valence-electron chi connectivity index (χ4n) is 2.41. The summed E-state index contributed by atoms with van der Waals surface area (Å²) in [5.41, 5.74) is 0.308. The molecular formula is C17H19ClN2O4. The van der Waals surface area contributed by atoms with Crippen LogP contribution in [-0.4, -0.2) is 60.7 Å². The Labute approximate surface area is 145 Å². The summed E-state index contributed by atoms with van der Waals surface area (Å²) in [4.78, 5) is 38.9. The normalized spacial score (nSPS) is 14.8. The number of rotatable bonds is 4. The molecule has 0 radical (unpaired) electrons. The number of halogens is 1. The van der Waals surface area contributed by atoms with E-state index in [9.17, 15) is 14.4 Å². The molecule has 128 valence electrons. The minimum atomic E-state index is -0.349. The number of hydrogen-bond donors (Lipinski definition) is 0. The van der Waals surface area contributed by atoms with Crippen LogP contribution in [0.25, 0.3) is 0 Å². The molecule has 24 heavy (non-hydrogen) atoms. The molecule has 0 saturated carbocycles. The lowest BCUT2D eigenvalue weighted by molar-refractivity contribution is -0.135. The highest BCUT2D eigenvalue weighted by Crippen LogP contribution is 2.23. The molecule has 7 heteroatoms. The van der Waals surface area contributed by atoms with Crippen LogP contribution in [0.15, 0.2) is 30.4 Å². The molecule has 0 spiro atoms. The first-order chi connectivity index (χ1) is 11.4. The van der Waals surface area contributed by atoms with Gasteiger partial charge in [-0.1, -0.05) is 11.6 Å². The molecule has 0 N–H and O–H groups in total. The lowest BCUT2D eigenvalue weighted by Crippen LogP contribution is -2.49. The minimum absolute atomic E-state index is 0.00182. The topological polar surface area (TPSA) is 66.9 Å². The van der Waals surface area contributed by atoms with Crippen molar-refractivity contribution in [3.63, 3.8) is 0 Å². The minimum Gasteiger partial charge on any atom is -0.497 e. The number of ether oxygens (including phenoxy) is 1. The molecule has 6 nitrogen and oxygen atoms in total. The summed E-state index contributed by atoms with van der Waals surface area (Å²) in [5, 5.41) is 0.270. The van der Waals surface area contributed by atoms with Crippen molar-refractivity contribution >= 4 is 29.2 Å². The van der Waals surface area contributed by atoms with Crippen molar-refractivity contribution in [1.82, 2.24) is 9.80 Å². The molecule has 1 aromatic rings. The highest BCUT2D eigenvalue weighted by molar-refractivity contribution is 6.34. The van der Waals surface area contributed by atoms with Crippen LogP contribution in [0.1, 0.15) is 17.3 Å². The molecule has 1 aliphatic rings. The first-order valence-electron chi connectivity index (χ1n) is 7.52. The van der Waals surface area contributed by atoms with Gasteiger partial charge in [0.15, 0.2) is 5.78 Å². The number of hydrogen-bond acceptors (Lipinski definition) is 4. The summed E-state index contributed by atoms with van der Waals surface area (Å²) in [6, 6.07) is 4.74. The molecule has 1 heterocycles. The van der Waals surface area contributed by atoms with E-state index in [1.807, 2.05) is 0 Å². The van der Waals surface area contributed by atoms with Gasteiger partial charge < -0.3 is 14.5 Å². The highest BCUT2D eigenvalue weighted by Gasteiger charge is 2.21. The van der Waals surface area contributed by atoms with E-state index in [-0.39, 0.29) is 22.6 Å². The molecular weight excluding hydrogens is 332 g/mol. The van der Waals surface area contributed by atoms with E-state index < -0.39 is 0 Å². The second kappa shape index (κ2) is 7.97. The molecule has 0 unspecified atom stereocenters. The third-order valence-electron chi connectivity index (χ3n) is 3.86. The van der Waals surface area contributed by atoms with E-state index in [0.717, 1.165) is 0 Å². The maximum absolute atomic E-state index is 12.2. The molecule has 2 amide bonds. The lowest BCUT2D eigenvalue weighted by Gasteiger charge is -2.33. The Kier molecular flexibility index (Phi) is 5.98. The van der Waals surface area contributed by atoms with E-state index in [2.05, 4.69) is 0 Å². The van der Waals surface area contributed by atoms with Gasteiger partial charge in [0.25, 0.3) is 0 Å². The van der Waals surface area contributed by atoms with Crippen molar-refractivity contribution in [2.24, 2.45) is 0 Å². The van der Waals surface area contributed by atoms with Crippen LogP contribution in [0.5, 0.6) is 5.75 Å². The van der Waals surface area contributed by atoms with Crippen LogP contribution in [0.4, 0.5) is 0 Å². The van der Waals surface area contributed by atoms with Crippen molar-refractivity contribution < 1.29 is 19.1 Å². The summed E-state index contributed by atoms with van der Waals surface area (Å²) in [6.07, 6.45) is 2.46. The third-order valence-corrected chi connectivity index (χ3v) is 4.17. The van der Waals surface area contributed by atoms with Gasteiger partial charge >= 0.3 is 0 Å². The van der Waals surface area contributed by atoms with Gasteiger partial charge in [0.2, 0.25) is 11.8 Å². The standard InChI is InChI=1S/C17H19ClN2O4/c1-12(21)19-7-9-20(10-8-19)17(23)6-5-16(22)14-4-3-13(24-2)11-15(14)18/h3-6,11H,7-10H2,1-2H3/b6-5+. The average molecular weight is 351 g/mol. The van der Waals surface area contributed by atoms with E-state index in [1.165, 1.54) is 26.2 Å². The molecule has 1 aromatic carbocycles. The second-order valence-corrected chi connectivity index (χ2v) is 5.78. The lowest BCUT2D eigenvalue weighted by atomic mass is 10.1. The van der Waals surface area contributed by atoms with E-state index in [4.69, 9.17) is 16.3 Å². The van der Waals surface area contributed by atoms with Crippen molar-refractivity contribution in [2.75, 3.05) is 33.3 Å². The zero-order chi connectivity index (χ0) is 17.7. The SMILES string of the molecule is COc1ccc(C(=O)/C=C/C(=O)N2CCN(C(C)=O)CC2)c(Cl)c1. The van der Waals surface area contributed by atoms with Crippen LogP contribution in [0, 0.1) is 0 Å². The fraction of sp³-hybridized carbons (Fsp3) is 0.353. The molecule has 0 aliphatic carbocycles. The molecule has 0 bridgehead atoms. The van der Waals surface area contributed by atoms with Gasteiger partial charge in [-0.2, -0.15) is 0 Å². The van der Waals surface area contributed by atoms with Gasteiger partial charge in [0, 0.05) is 44.7 Å². The van der Waals surface area contributed by atoms with Crippen LogP contribution in [-0.2, 0) is 9.59 Å². The largest absolute Gasteiger partial charge is 0.497 e. The summed E-state index contributed by atoms with van der Waals surface area (Å²) in [5.74, 6) is -0.0449. The first-order valence-corrected chi connectivity index (χ1v) is 7.90. The Bertz CT molecular complexity index is 679. The number of ketones is 1. The number of nitrogens with zero attached hydrogens (tertiary/aromatic N) is 2. The number of allylic oxidation sites excluding steroid dienone is 1. The zero-order valence-electron chi connectivity index (χ0n) is 13.6. The maximum Gasteiger partial charge on any atom is 0.246 e. The molecule has 2 rings (SSSR count). The van der Waals surface area contributed by atoms with Crippen molar-refractivity contribution in [2.45, 2.75) is 6.92 Å². The molecule has 1 saturated heterocycles. The van der Waals surface area contributed by atoms with Crippen LogP contribution in [0.3, 0.4) is 0 Å².